The van der Waals surface area contributed by atoms with Gasteiger partial charge >= 0.3 is 5.97 Å². The number of nitrogens with one attached hydrogen (secondary N) is 1. The Bertz CT molecular complexity index is 1340. The number of hydrogen-bond donors (Lipinski definition) is 1. The van der Waals surface area contributed by atoms with Crippen molar-refractivity contribution >= 4 is 19.7 Å². The fourth-order valence-electron chi connectivity index (χ4n) is 10.6. The normalized spacial score (nSPS) is 13.6. The Morgan fingerprint density at radius 1 is 0.436 bits per heavy atom. The lowest BCUT2D eigenvalue weighted by molar-refractivity contribution is -0.870. The molecule has 3 unspecified atom stereocenters. The van der Waals surface area contributed by atoms with Crippen molar-refractivity contribution in [1.29, 1.82) is 0 Å². The van der Waals surface area contributed by atoms with Gasteiger partial charge < -0.3 is 28.5 Å². The number of phosphoric ester groups is 1. The molecule has 0 fully saturated rings. The van der Waals surface area contributed by atoms with E-state index in [9.17, 15) is 19.0 Å². The molecule has 0 aromatic carbocycles. The van der Waals surface area contributed by atoms with E-state index in [4.69, 9.17) is 13.8 Å². The highest BCUT2D eigenvalue weighted by atomic mass is 31.2. The van der Waals surface area contributed by atoms with Crippen molar-refractivity contribution in [2.24, 2.45) is 0 Å². The van der Waals surface area contributed by atoms with Crippen LogP contribution in [0.2, 0.25) is 0 Å². The molecule has 0 aromatic heterocycles. The van der Waals surface area contributed by atoms with Gasteiger partial charge in [0.25, 0.3) is 7.82 Å². The Kier molecular flexibility index (Phi) is 58.0. The molecule has 0 aromatic rings. The number of rotatable bonds is 64. The number of ether oxygens (including phenoxy) is 1. The molecule has 1 amide bonds. The topological polar surface area (TPSA) is 114 Å². The van der Waals surface area contributed by atoms with Gasteiger partial charge in [-0.3, -0.25) is 14.2 Å². The van der Waals surface area contributed by atoms with Gasteiger partial charge in [-0.25, -0.2) is 0 Å². The number of likely N-dealkylation sites (N-methyl/N-ethyl adjacent to an activating group) is 1. The van der Waals surface area contributed by atoms with E-state index in [1.54, 1.807) is 0 Å². The van der Waals surface area contributed by atoms with Crippen LogP contribution < -0.4 is 10.2 Å². The summed E-state index contributed by atoms with van der Waals surface area (Å²) in [5.74, 6) is -0.514. The Morgan fingerprint density at radius 2 is 0.731 bits per heavy atom. The maximum absolute atomic E-state index is 13.6. The number of esters is 1. The first-order valence-electron chi connectivity index (χ1n) is 34.5. The van der Waals surface area contributed by atoms with Gasteiger partial charge in [0.05, 0.1) is 33.8 Å². The third kappa shape index (κ3) is 59.4. The average molecular weight is 1120 g/mol. The highest BCUT2D eigenvalue weighted by Gasteiger charge is 2.27. The number of quaternary nitrogens is 1. The number of nitrogens with zero attached hydrogens (tertiary/aromatic N) is 1. The molecular weight excluding hydrogens is 988 g/mol. The lowest BCUT2D eigenvalue weighted by Gasteiger charge is -2.30. The van der Waals surface area contributed by atoms with Gasteiger partial charge in [-0.1, -0.05) is 329 Å². The van der Waals surface area contributed by atoms with E-state index in [1.807, 2.05) is 33.3 Å². The van der Waals surface area contributed by atoms with Crippen LogP contribution in [0.15, 0.2) is 12.2 Å². The SMILES string of the molecule is CCCCCCCCCCCC/C=C/C(OC(=O)CCCCCCCCCCCCCCCCCCCCC)C(COP(=O)([O-])OCC[N+](C)(C)C)NC(=O)CCCCCCCCCCCCCCCCCCCCCCC. The van der Waals surface area contributed by atoms with E-state index < -0.39 is 20.0 Å². The summed E-state index contributed by atoms with van der Waals surface area (Å²) in [6.45, 7) is 6.92. The van der Waals surface area contributed by atoms with Crippen molar-refractivity contribution in [2.75, 3.05) is 40.9 Å². The van der Waals surface area contributed by atoms with Crippen molar-refractivity contribution in [3.8, 4) is 0 Å². The van der Waals surface area contributed by atoms with Crippen LogP contribution in [-0.2, 0) is 27.9 Å². The molecule has 0 aliphatic carbocycles. The van der Waals surface area contributed by atoms with Crippen LogP contribution in [0, 0.1) is 0 Å². The second-order valence-corrected chi connectivity index (χ2v) is 26.5. The zero-order valence-electron chi connectivity index (χ0n) is 53.2. The predicted molar refractivity (Wildman–Crippen MR) is 335 cm³/mol. The first kappa shape index (κ1) is 76.8. The van der Waals surface area contributed by atoms with Crippen LogP contribution in [0.1, 0.15) is 361 Å². The largest absolute Gasteiger partial charge is 0.756 e. The Morgan fingerprint density at radius 3 is 1.05 bits per heavy atom. The number of allylic oxidation sites excluding steroid dienone is 1. The number of hydrogen-bond acceptors (Lipinski definition) is 7. The van der Waals surface area contributed by atoms with Crippen LogP contribution in [0.4, 0.5) is 0 Å². The molecule has 464 valence electrons. The summed E-state index contributed by atoms with van der Waals surface area (Å²) >= 11 is 0. The van der Waals surface area contributed by atoms with E-state index in [0.717, 1.165) is 57.8 Å². The van der Waals surface area contributed by atoms with Gasteiger partial charge in [-0.2, -0.15) is 0 Å². The number of carbonyl (C=O) groups is 2. The van der Waals surface area contributed by atoms with Gasteiger partial charge in [0.15, 0.2) is 0 Å². The van der Waals surface area contributed by atoms with Crippen molar-refractivity contribution < 1.29 is 37.3 Å². The fraction of sp³-hybridized carbons (Fsp3) is 0.941. The third-order valence-corrected chi connectivity index (χ3v) is 16.9. The Labute approximate surface area is 486 Å². The molecule has 0 saturated carbocycles. The van der Waals surface area contributed by atoms with Crippen molar-refractivity contribution in [3.05, 3.63) is 12.2 Å². The average Bonchev–Trinajstić information content (AvgIpc) is 3.40. The minimum atomic E-state index is -4.69. The van der Waals surface area contributed by atoms with E-state index in [1.165, 1.54) is 270 Å². The van der Waals surface area contributed by atoms with E-state index in [-0.39, 0.29) is 31.5 Å². The van der Waals surface area contributed by atoms with Crippen molar-refractivity contribution in [3.63, 3.8) is 0 Å². The van der Waals surface area contributed by atoms with E-state index in [2.05, 4.69) is 26.1 Å². The molecule has 0 rings (SSSR count). The maximum atomic E-state index is 13.6. The predicted octanol–water partition coefficient (Wildman–Crippen LogP) is 20.9. The highest BCUT2D eigenvalue weighted by molar-refractivity contribution is 7.45. The van der Waals surface area contributed by atoms with Gasteiger partial charge in [0.1, 0.15) is 19.3 Å². The summed E-state index contributed by atoms with van der Waals surface area (Å²) in [7, 11) is 1.21. The molecule has 10 heteroatoms. The molecule has 1 N–H and O–H groups in total. The molecule has 78 heavy (non-hydrogen) atoms. The molecule has 0 aliphatic rings. The molecule has 0 bridgehead atoms. The zero-order valence-corrected chi connectivity index (χ0v) is 54.1. The summed E-state index contributed by atoms with van der Waals surface area (Å²) in [6.07, 6.45) is 69.0. The van der Waals surface area contributed by atoms with Gasteiger partial charge in [0, 0.05) is 12.8 Å². The summed E-state index contributed by atoms with van der Waals surface area (Å²) in [6, 6.07) is -0.880. The van der Waals surface area contributed by atoms with Crippen LogP contribution in [0.25, 0.3) is 0 Å². The molecule has 0 spiro atoms. The highest BCUT2D eigenvalue weighted by Crippen LogP contribution is 2.38. The second kappa shape index (κ2) is 58.9. The molecule has 0 radical (unpaired) electrons. The lowest BCUT2D eigenvalue weighted by Crippen LogP contribution is -2.47. The summed E-state index contributed by atoms with van der Waals surface area (Å²) in [5, 5.41) is 3.05. The smallest absolute Gasteiger partial charge is 0.306 e. The van der Waals surface area contributed by atoms with E-state index >= 15 is 0 Å². The summed E-state index contributed by atoms with van der Waals surface area (Å²) < 4.78 is 30.4. The Balaban J connectivity index is 5.08. The minimum absolute atomic E-state index is 0.0165. The number of unbranched alkanes of at least 4 members (excludes halogenated alkanes) is 48. The van der Waals surface area contributed by atoms with Crippen LogP contribution in [0.3, 0.4) is 0 Å². The molecule has 9 nitrogen and oxygen atoms in total. The summed E-state index contributed by atoms with van der Waals surface area (Å²) in [4.78, 5) is 40.1. The quantitative estimate of drug-likeness (QED) is 0.0212. The molecular formula is C68H135N2O7P. The third-order valence-electron chi connectivity index (χ3n) is 16.0. The van der Waals surface area contributed by atoms with Gasteiger partial charge in [-0.15, -0.1) is 0 Å². The second-order valence-electron chi connectivity index (χ2n) is 25.1. The molecule has 0 aliphatic heterocycles. The molecule has 0 saturated heterocycles. The number of carbonyl (C=O) groups excluding carboxylic acids is 2. The number of phosphoric acid groups is 1. The standard InChI is InChI=1S/C68H135N2O7P/c1-7-10-13-16-19-22-25-28-30-32-34-35-37-38-40-42-45-48-51-54-57-60-67(71)69-65(64-76-78(73,74)75-63-62-70(4,5)6)66(59-56-53-50-47-44-27-24-21-18-15-12-9-3)77-68(72)61-58-55-52-49-46-43-41-39-36-33-31-29-26-23-20-17-14-11-8-2/h56,59,65-66H,7-55,57-58,60-64H2,1-6H3,(H-,69,71,73,74)/b59-56+. The maximum Gasteiger partial charge on any atom is 0.306 e. The van der Waals surface area contributed by atoms with E-state index in [0.29, 0.717) is 17.4 Å². The fourth-order valence-corrected chi connectivity index (χ4v) is 11.4. The summed E-state index contributed by atoms with van der Waals surface area (Å²) in [5.41, 5.74) is 0. The lowest BCUT2D eigenvalue weighted by atomic mass is 10.0. The molecule has 0 heterocycles. The van der Waals surface area contributed by atoms with Crippen LogP contribution >= 0.6 is 7.82 Å². The van der Waals surface area contributed by atoms with Crippen LogP contribution in [0.5, 0.6) is 0 Å². The van der Waals surface area contributed by atoms with Gasteiger partial charge in [-0.05, 0) is 31.8 Å². The Hall–Kier alpha value is -1.25. The van der Waals surface area contributed by atoms with Crippen molar-refractivity contribution in [2.45, 2.75) is 373 Å². The molecule has 3 atom stereocenters. The van der Waals surface area contributed by atoms with Crippen LogP contribution in [-0.4, -0.2) is 69.4 Å². The first-order valence-corrected chi connectivity index (χ1v) is 36.0. The minimum Gasteiger partial charge on any atom is -0.756 e. The monoisotopic (exact) mass is 1120 g/mol. The van der Waals surface area contributed by atoms with Gasteiger partial charge in [0.2, 0.25) is 5.91 Å². The number of amides is 1. The zero-order chi connectivity index (χ0) is 57.2. The van der Waals surface area contributed by atoms with Crippen molar-refractivity contribution in [1.82, 2.24) is 5.32 Å². The first-order chi connectivity index (χ1) is 37.9.